The highest BCUT2D eigenvalue weighted by molar-refractivity contribution is 6.39. The van der Waals surface area contributed by atoms with Gasteiger partial charge >= 0.3 is 6.09 Å². The zero-order valence-corrected chi connectivity index (χ0v) is 31.1. The molecule has 6 rings (SSSR count). The standard InChI is InChI=1S/C38H36Cl3N5O6/c1-38(2,3)52-37(50)45(19-23-12-14-31(48)42-23)18-22-11-13-29(43-35(22)51-4)27-10-6-9-26(33(27)40)25-8-5-7-24(32(25)39)21-15-16-46-30(17-21)44-34(41)28(20-47)36(46)49/h5-11,13,15-17,23,47H,12,14,18-20H2,1-4H3,(H,42,48)/t23-/m0/s1. The van der Waals surface area contributed by atoms with Gasteiger partial charge in [0.15, 0.2) is 0 Å². The number of amides is 2. The normalized spacial score (nSPS) is 14.4. The molecule has 52 heavy (non-hydrogen) atoms. The maximum Gasteiger partial charge on any atom is 0.410 e. The first-order valence-electron chi connectivity index (χ1n) is 16.5. The number of ether oxygens (including phenoxy) is 2. The molecule has 0 radical (unpaired) electrons. The summed E-state index contributed by atoms with van der Waals surface area (Å²) in [7, 11) is 1.51. The average molecular weight is 765 g/mol. The van der Waals surface area contributed by atoms with E-state index < -0.39 is 23.9 Å². The molecule has 1 atom stereocenters. The molecule has 0 saturated carbocycles. The van der Waals surface area contributed by atoms with Crippen LogP contribution in [0.15, 0.2) is 71.7 Å². The van der Waals surface area contributed by atoms with E-state index in [9.17, 15) is 19.5 Å². The summed E-state index contributed by atoms with van der Waals surface area (Å²) < 4.78 is 12.7. The van der Waals surface area contributed by atoms with E-state index in [1.807, 2.05) is 48.5 Å². The molecule has 11 nitrogen and oxygen atoms in total. The van der Waals surface area contributed by atoms with Crippen LogP contribution in [0.4, 0.5) is 4.79 Å². The van der Waals surface area contributed by atoms with Crippen molar-refractivity contribution in [2.75, 3.05) is 13.7 Å². The van der Waals surface area contributed by atoms with Crippen molar-refractivity contribution in [3.8, 4) is 39.4 Å². The molecule has 1 aliphatic heterocycles. The number of halogens is 3. The Balaban J connectivity index is 1.32. The third kappa shape index (κ3) is 7.73. The SMILES string of the molecule is COc1nc(-c2cccc(-c3cccc(-c4ccn5c(=O)c(CO)c(Cl)nc5c4)c3Cl)c2Cl)ccc1CN(C[C@@H]1CCC(=O)N1)C(=O)OC(C)(C)C. The number of aliphatic hydroxyl groups is 1. The van der Waals surface area contributed by atoms with Crippen LogP contribution < -0.4 is 15.6 Å². The summed E-state index contributed by atoms with van der Waals surface area (Å²) in [5, 5.41) is 13.2. The van der Waals surface area contributed by atoms with E-state index in [1.54, 1.807) is 44.0 Å². The number of nitrogens with one attached hydrogen (secondary N) is 1. The van der Waals surface area contributed by atoms with Crippen molar-refractivity contribution in [2.45, 2.75) is 58.4 Å². The summed E-state index contributed by atoms with van der Waals surface area (Å²) >= 11 is 20.3. The Morgan fingerprint density at radius 2 is 1.65 bits per heavy atom. The van der Waals surface area contributed by atoms with Crippen LogP contribution in [0, 0.1) is 0 Å². The lowest BCUT2D eigenvalue weighted by molar-refractivity contribution is -0.119. The molecule has 2 amide bonds. The summed E-state index contributed by atoms with van der Waals surface area (Å²) in [5.74, 6) is 0.260. The first-order valence-corrected chi connectivity index (χ1v) is 17.6. The Morgan fingerprint density at radius 1 is 0.981 bits per heavy atom. The molecule has 2 aromatic carbocycles. The molecule has 1 aliphatic rings. The first-order chi connectivity index (χ1) is 24.8. The number of rotatable bonds is 9. The maximum absolute atomic E-state index is 13.3. The van der Waals surface area contributed by atoms with Gasteiger partial charge in [0.1, 0.15) is 16.4 Å². The number of carbonyl (C=O) groups is 2. The van der Waals surface area contributed by atoms with Crippen LogP contribution >= 0.6 is 34.8 Å². The van der Waals surface area contributed by atoms with E-state index >= 15 is 0 Å². The molecule has 0 bridgehead atoms. The lowest BCUT2D eigenvalue weighted by Gasteiger charge is -2.29. The predicted molar refractivity (Wildman–Crippen MR) is 201 cm³/mol. The number of fused-ring (bicyclic) bond motifs is 1. The summed E-state index contributed by atoms with van der Waals surface area (Å²) in [4.78, 5) is 48.5. The lowest BCUT2D eigenvalue weighted by Crippen LogP contribution is -2.43. The number of hydrogen-bond donors (Lipinski definition) is 2. The Kier molecular flexibility index (Phi) is 10.8. The highest BCUT2D eigenvalue weighted by Crippen LogP contribution is 2.42. The van der Waals surface area contributed by atoms with Crippen molar-refractivity contribution in [1.82, 2.24) is 24.6 Å². The van der Waals surface area contributed by atoms with Gasteiger partial charge in [-0.1, -0.05) is 71.2 Å². The molecule has 3 aromatic heterocycles. The van der Waals surface area contributed by atoms with Crippen molar-refractivity contribution < 1.29 is 24.2 Å². The molecule has 1 saturated heterocycles. The lowest BCUT2D eigenvalue weighted by atomic mass is 9.97. The maximum atomic E-state index is 13.3. The minimum atomic E-state index is -0.711. The van der Waals surface area contributed by atoms with Crippen LogP contribution in [0.1, 0.15) is 44.7 Å². The third-order valence-electron chi connectivity index (χ3n) is 8.58. The topological polar surface area (TPSA) is 135 Å². The van der Waals surface area contributed by atoms with Crippen molar-refractivity contribution >= 4 is 52.5 Å². The molecule has 14 heteroatoms. The second-order valence-electron chi connectivity index (χ2n) is 13.4. The first kappa shape index (κ1) is 37.1. The number of hydrogen-bond acceptors (Lipinski definition) is 8. The number of aliphatic hydroxyl groups excluding tert-OH is 1. The summed E-state index contributed by atoms with van der Waals surface area (Å²) in [6.07, 6.45) is 2.08. The van der Waals surface area contributed by atoms with E-state index in [0.29, 0.717) is 73.5 Å². The number of pyridine rings is 2. The van der Waals surface area contributed by atoms with Gasteiger partial charge in [0.05, 0.1) is 41.6 Å². The largest absolute Gasteiger partial charge is 0.481 e. The Hall–Kier alpha value is -4.68. The molecule has 0 unspecified atom stereocenters. The molecule has 1 fully saturated rings. The fourth-order valence-electron chi connectivity index (χ4n) is 6.08. The van der Waals surface area contributed by atoms with Gasteiger partial charge in [-0.25, -0.2) is 14.8 Å². The van der Waals surface area contributed by atoms with E-state index in [0.717, 1.165) is 0 Å². The van der Waals surface area contributed by atoms with Crippen LogP contribution in [-0.4, -0.2) is 61.7 Å². The van der Waals surface area contributed by atoms with E-state index in [4.69, 9.17) is 49.3 Å². The molecule has 0 aliphatic carbocycles. The number of nitrogens with zero attached hydrogens (tertiary/aromatic N) is 4. The molecular formula is C38H36Cl3N5O6. The highest BCUT2D eigenvalue weighted by Gasteiger charge is 2.29. The Morgan fingerprint density at radius 3 is 2.29 bits per heavy atom. The Bertz CT molecular complexity index is 2250. The minimum absolute atomic E-state index is 0.0154. The Labute approximate surface area is 315 Å². The number of benzene rings is 2. The summed E-state index contributed by atoms with van der Waals surface area (Å²) in [6.45, 7) is 5.29. The quantitative estimate of drug-likeness (QED) is 0.147. The monoisotopic (exact) mass is 763 g/mol. The van der Waals surface area contributed by atoms with Crippen LogP contribution in [0.25, 0.3) is 39.2 Å². The molecule has 2 N–H and O–H groups in total. The van der Waals surface area contributed by atoms with Crippen molar-refractivity contribution in [3.63, 3.8) is 0 Å². The number of methoxy groups -OCH3 is 1. The molecule has 4 heterocycles. The fraction of sp³-hybridized carbons (Fsp3) is 0.289. The zero-order chi connectivity index (χ0) is 37.3. The van der Waals surface area contributed by atoms with E-state index in [1.165, 1.54) is 11.5 Å². The minimum Gasteiger partial charge on any atom is -0.481 e. The van der Waals surface area contributed by atoms with Crippen molar-refractivity contribution in [2.24, 2.45) is 0 Å². The molecule has 270 valence electrons. The predicted octanol–water partition coefficient (Wildman–Crippen LogP) is 7.57. The summed E-state index contributed by atoms with van der Waals surface area (Å²) in [6, 6.07) is 18.0. The smallest absolute Gasteiger partial charge is 0.410 e. The van der Waals surface area contributed by atoms with Crippen molar-refractivity contribution in [3.05, 3.63) is 104 Å². The van der Waals surface area contributed by atoms with E-state index in [-0.39, 0.29) is 35.8 Å². The van der Waals surface area contributed by atoms with Crippen LogP contribution in [-0.2, 0) is 22.7 Å². The molecule has 0 spiro atoms. The van der Waals surface area contributed by atoms with Gasteiger partial charge in [0, 0.05) is 53.0 Å². The third-order valence-corrected chi connectivity index (χ3v) is 9.70. The van der Waals surface area contributed by atoms with Gasteiger partial charge < -0.3 is 24.8 Å². The number of carbonyl (C=O) groups excluding carboxylic acids is 2. The van der Waals surface area contributed by atoms with Gasteiger partial charge in [-0.2, -0.15) is 0 Å². The van der Waals surface area contributed by atoms with Gasteiger partial charge in [-0.15, -0.1) is 0 Å². The average Bonchev–Trinajstić information content (AvgIpc) is 3.52. The zero-order valence-electron chi connectivity index (χ0n) is 28.9. The van der Waals surface area contributed by atoms with E-state index in [2.05, 4.69) is 10.3 Å². The van der Waals surface area contributed by atoms with Gasteiger partial charge in [-0.05, 0) is 57.0 Å². The molecule has 5 aromatic rings. The van der Waals surface area contributed by atoms with Crippen LogP contribution in [0.2, 0.25) is 15.2 Å². The van der Waals surface area contributed by atoms with Crippen molar-refractivity contribution in [1.29, 1.82) is 0 Å². The molecular weight excluding hydrogens is 729 g/mol. The van der Waals surface area contributed by atoms with Gasteiger partial charge in [0.25, 0.3) is 5.56 Å². The van der Waals surface area contributed by atoms with Crippen LogP contribution in [0.3, 0.4) is 0 Å². The number of aromatic nitrogens is 3. The fourth-order valence-corrected chi connectivity index (χ4v) is 6.97. The summed E-state index contributed by atoms with van der Waals surface area (Å²) in [5.41, 5.74) is 3.66. The second kappa shape index (κ2) is 15.1. The van der Waals surface area contributed by atoms with Gasteiger partial charge in [0.2, 0.25) is 11.8 Å². The van der Waals surface area contributed by atoms with Crippen LogP contribution in [0.5, 0.6) is 5.88 Å². The van der Waals surface area contributed by atoms with Gasteiger partial charge in [-0.3, -0.25) is 14.0 Å². The highest BCUT2D eigenvalue weighted by atomic mass is 35.5. The second-order valence-corrected chi connectivity index (χ2v) is 14.5.